The molecule has 0 aliphatic carbocycles. The van der Waals surface area contributed by atoms with Crippen molar-refractivity contribution in [3.8, 4) is 5.75 Å². The van der Waals surface area contributed by atoms with Gasteiger partial charge in [-0.2, -0.15) is 0 Å². The van der Waals surface area contributed by atoms with Gasteiger partial charge in [-0.1, -0.05) is 12.1 Å². The molecule has 4 heteroatoms. The van der Waals surface area contributed by atoms with Gasteiger partial charge in [0.25, 0.3) is 0 Å². The minimum absolute atomic E-state index is 0.297. The zero-order valence-corrected chi connectivity index (χ0v) is 10.8. The van der Waals surface area contributed by atoms with Crippen LogP contribution in [-0.4, -0.2) is 19.1 Å². The van der Waals surface area contributed by atoms with Crippen molar-refractivity contribution in [1.82, 2.24) is 10.3 Å². The molecule has 0 amide bonds. The molecular weight excluding hydrogens is 232 g/mol. The summed E-state index contributed by atoms with van der Waals surface area (Å²) in [4.78, 5) is 5.39. The van der Waals surface area contributed by atoms with Gasteiger partial charge in [-0.05, 0) is 24.7 Å². The van der Waals surface area contributed by atoms with E-state index in [1.165, 1.54) is 10.4 Å². The highest BCUT2D eigenvalue weighted by molar-refractivity contribution is 7.09. The molecular formula is C13H16N2OS. The zero-order valence-electron chi connectivity index (χ0n) is 10.0. The van der Waals surface area contributed by atoms with Crippen molar-refractivity contribution in [2.45, 2.75) is 12.5 Å². The van der Waals surface area contributed by atoms with Crippen LogP contribution < -0.4 is 10.1 Å². The minimum Gasteiger partial charge on any atom is -0.497 e. The minimum atomic E-state index is 0.297. The van der Waals surface area contributed by atoms with Crippen molar-refractivity contribution in [2.75, 3.05) is 14.2 Å². The molecule has 1 N–H and O–H groups in total. The Kier molecular flexibility index (Phi) is 4.12. The van der Waals surface area contributed by atoms with Gasteiger partial charge in [-0.3, -0.25) is 4.98 Å². The van der Waals surface area contributed by atoms with Gasteiger partial charge in [0.2, 0.25) is 0 Å². The van der Waals surface area contributed by atoms with Gasteiger partial charge in [0.1, 0.15) is 5.75 Å². The van der Waals surface area contributed by atoms with E-state index in [9.17, 15) is 0 Å². The third-order valence-electron chi connectivity index (χ3n) is 2.73. The maximum atomic E-state index is 5.25. The van der Waals surface area contributed by atoms with Gasteiger partial charge < -0.3 is 10.1 Å². The topological polar surface area (TPSA) is 34.2 Å². The predicted octanol–water partition coefficient (Wildman–Crippen LogP) is 2.65. The Morgan fingerprint density at radius 1 is 1.47 bits per heavy atom. The fraction of sp³-hybridized carbons (Fsp3) is 0.308. The number of nitrogens with zero attached hydrogens (tertiary/aromatic N) is 1. The second-order valence-electron chi connectivity index (χ2n) is 3.79. The van der Waals surface area contributed by atoms with E-state index in [1.54, 1.807) is 18.4 Å². The maximum Gasteiger partial charge on any atom is 0.119 e. The first-order valence-corrected chi connectivity index (χ1v) is 6.40. The number of likely N-dealkylation sites (N-methyl/N-ethyl adjacent to an activating group) is 1. The molecule has 2 aromatic rings. The van der Waals surface area contributed by atoms with Crippen molar-refractivity contribution < 1.29 is 4.74 Å². The van der Waals surface area contributed by atoms with Crippen LogP contribution in [-0.2, 0) is 6.42 Å². The van der Waals surface area contributed by atoms with Gasteiger partial charge in [0.15, 0.2) is 0 Å². The molecule has 1 atom stereocenters. The molecule has 17 heavy (non-hydrogen) atoms. The lowest BCUT2D eigenvalue weighted by Gasteiger charge is -2.16. The average molecular weight is 248 g/mol. The van der Waals surface area contributed by atoms with Crippen molar-refractivity contribution in [1.29, 1.82) is 0 Å². The largest absolute Gasteiger partial charge is 0.497 e. The van der Waals surface area contributed by atoms with E-state index >= 15 is 0 Å². The van der Waals surface area contributed by atoms with Gasteiger partial charge in [-0.25, -0.2) is 0 Å². The van der Waals surface area contributed by atoms with Crippen LogP contribution in [0.3, 0.4) is 0 Å². The first kappa shape index (κ1) is 12.1. The molecule has 1 heterocycles. The summed E-state index contributed by atoms with van der Waals surface area (Å²) in [6.07, 6.45) is 2.88. The molecule has 0 fully saturated rings. The molecule has 1 unspecified atom stereocenters. The summed E-state index contributed by atoms with van der Waals surface area (Å²) in [5.41, 5.74) is 3.11. The molecule has 0 bridgehead atoms. The number of nitrogens with one attached hydrogen (secondary N) is 1. The second-order valence-corrected chi connectivity index (χ2v) is 4.76. The Hall–Kier alpha value is -1.39. The molecule has 90 valence electrons. The number of rotatable bonds is 5. The van der Waals surface area contributed by atoms with E-state index in [-0.39, 0.29) is 0 Å². The highest BCUT2D eigenvalue weighted by Gasteiger charge is 2.11. The Morgan fingerprint density at radius 3 is 3.00 bits per heavy atom. The van der Waals surface area contributed by atoms with Crippen molar-refractivity contribution in [3.63, 3.8) is 0 Å². The van der Waals surface area contributed by atoms with Crippen LogP contribution in [0.5, 0.6) is 5.75 Å². The number of hydrogen-bond acceptors (Lipinski definition) is 4. The van der Waals surface area contributed by atoms with Crippen molar-refractivity contribution >= 4 is 11.3 Å². The fourth-order valence-corrected chi connectivity index (χ4v) is 2.43. The Morgan fingerprint density at radius 2 is 2.35 bits per heavy atom. The normalized spacial score (nSPS) is 12.4. The number of aromatic nitrogens is 1. The Labute approximate surface area is 105 Å². The lowest BCUT2D eigenvalue weighted by atomic mass is 10.0. The van der Waals surface area contributed by atoms with Crippen LogP contribution in [0.2, 0.25) is 0 Å². The van der Waals surface area contributed by atoms with E-state index in [2.05, 4.69) is 22.4 Å². The number of ether oxygens (including phenoxy) is 1. The first-order chi connectivity index (χ1) is 8.33. The summed E-state index contributed by atoms with van der Waals surface area (Å²) < 4.78 is 5.25. The molecule has 0 aliphatic heterocycles. The molecule has 0 radical (unpaired) electrons. The average Bonchev–Trinajstić information content (AvgIpc) is 2.89. The van der Waals surface area contributed by atoms with Gasteiger partial charge in [0.05, 0.1) is 12.6 Å². The van der Waals surface area contributed by atoms with Crippen LogP contribution in [0.25, 0.3) is 0 Å². The number of hydrogen-bond donors (Lipinski definition) is 1. The molecule has 0 saturated carbocycles. The van der Waals surface area contributed by atoms with Crippen LogP contribution in [0.15, 0.2) is 36.0 Å². The van der Waals surface area contributed by atoms with Crippen LogP contribution in [0.1, 0.15) is 16.5 Å². The monoisotopic (exact) mass is 248 g/mol. The van der Waals surface area contributed by atoms with Crippen molar-refractivity contribution in [3.05, 3.63) is 46.4 Å². The maximum absolute atomic E-state index is 5.25. The van der Waals surface area contributed by atoms with Gasteiger partial charge >= 0.3 is 0 Å². The molecule has 0 aliphatic rings. The van der Waals surface area contributed by atoms with E-state index < -0.39 is 0 Å². The summed E-state index contributed by atoms with van der Waals surface area (Å²) in [6, 6.07) is 8.46. The van der Waals surface area contributed by atoms with Gasteiger partial charge in [-0.15, -0.1) is 11.3 Å². The summed E-state index contributed by atoms with van der Waals surface area (Å²) in [5.74, 6) is 0.895. The third kappa shape index (κ3) is 3.05. The fourth-order valence-electron chi connectivity index (χ4n) is 1.79. The van der Waals surface area contributed by atoms with Gasteiger partial charge in [0, 0.05) is 23.5 Å². The predicted molar refractivity (Wildman–Crippen MR) is 70.6 cm³/mol. The van der Waals surface area contributed by atoms with Crippen molar-refractivity contribution in [2.24, 2.45) is 0 Å². The lowest BCUT2D eigenvalue weighted by Crippen LogP contribution is -2.18. The summed E-state index contributed by atoms with van der Waals surface area (Å²) in [6.45, 7) is 0. The highest BCUT2D eigenvalue weighted by atomic mass is 32.1. The number of thiazole rings is 1. The quantitative estimate of drug-likeness (QED) is 0.883. The standard InChI is InChI=1S/C13H16N2OS/c1-14-13(7-12-8-15-9-17-12)10-4-3-5-11(6-10)16-2/h3-6,8-9,13-14H,7H2,1-2H3. The summed E-state index contributed by atoms with van der Waals surface area (Å²) in [7, 11) is 3.67. The molecule has 0 saturated heterocycles. The van der Waals surface area contributed by atoms with Crippen LogP contribution in [0.4, 0.5) is 0 Å². The lowest BCUT2D eigenvalue weighted by molar-refractivity contribution is 0.413. The Balaban J connectivity index is 2.16. The molecule has 1 aromatic heterocycles. The van der Waals surface area contributed by atoms with E-state index in [4.69, 9.17) is 4.74 Å². The summed E-state index contributed by atoms with van der Waals surface area (Å²) >= 11 is 1.69. The van der Waals surface area contributed by atoms with E-state index in [1.807, 2.05) is 30.9 Å². The van der Waals surface area contributed by atoms with Crippen LogP contribution in [0, 0.1) is 0 Å². The molecule has 0 spiro atoms. The first-order valence-electron chi connectivity index (χ1n) is 5.52. The number of benzene rings is 1. The molecule has 2 rings (SSSR count). The SMILES string of the molecule is CNC(Cc1cncs1)c1cccc(OC)c1. The second kappa shape index (κ2) is 5.80. The zero-order chi connectivity index (χ0) is 12.1. The molecule has 1 aromatic carbocycles. The Bertz CT molecular complexity index is 456. The number of methoxy groups -OCH3 is 1. The van der Waals surface area contributed by atoms with Crippen LogP contribution >= 0.6 is 11.3 Å². The van der Waals surface area contributed by atoms with E-state index in [0.717, 1.165) is 12.2 Å². The van der Waals surface area contributed by atoms with E-state index in [0.29, 0.717) is 6.04 Å². The highest BCUT2D eigenvalue weighted by Crippen LogP contribution is 2.23. The summed E-state index contributed by atoms with van der Waals surface area (Å²) in [5, 5.41) is 3.33. The smallest absolute Gasteiger partial charge is 0.119 e. The molecule has 3 nitrogen and oxygen atoms in total. The third-order valence-corrected chi connectivity index (χ3v) is 3.54.